The topological polar surface area (TPSA) is 65.5 Å². The van der Waals surface area contributed by atoms with Crippen molar-refractivity contribution >= 4 is 5.91 Å². The molecule has 5 rings (SSSR count). The van der Waals surface area contributed by atoms with E-state index in [0.29, 0.717) is 49.8 Å². The number of amides is 1. The number of carbonyl (C=O) groups is 1. The molecule has 2 aromatic carbocycles. The Labute approximate surface area is 206 Å². The Morgan fingerprint density at radius 3 is 2.71 bits per heavy atom. The van der Waals surface area contributed by atoms with Crippen LogP contribution in [0.5, 0.6) is 11.5 Å². The van der Waals surface area contributed by atoms with E-state index in [4.69, 9.17) is 9.47 Å². The third-order valence-electron chi connectivity index (χ3n) is 7.01. The molecule has 3 heterocycles. The van der Waals surface area contributed by atoms with Gasteiger partial charge < -0.3 is 19.5 Å². The molecule has 0 spiro atoms. The second-order valence-corrected chi connectivity index (χ2v) is 9.89. The summed E-state index contributed by atoms with van der Waals surface area (Å²) in [4.78, 5) is 19.3. The predicted molar refractivity (Wildman–Crippen MR) is 131 cm³/mol. The van der Waals surface area contributed by atoms with E-state index in [1.807, 2.05) is 11.8 Å². The van der Waals surface area contributed by atoms with Gasteiger partial charge >= 0.3 is 0 Å². The zero-order valence-corrected chi connectivity index (χ0v) is 20.2. The third-order valence-corrected chi connectivity index (χ3v) is 7.01. The maximum atomic E-state index is 13.3. The van der Waals surface area contributed by atoms with Crippen LogP contribution in [0.1, 0.15) is 28.4 Å². The summed E-state index contributed by atoms with van der Waals surface area (Å²) in [6, 6.07) is 13.7. The lowest BCUT2D eigenvalue weighted by molar-refractivity contribution is 0.0167. The molecule has 0 radical (unpaired) electrons. The first kappa shape index (κ1) is 24.0. The molecule has 3 aliphatic rings. The molecule has 2 atom stereocenters. The van der Waals surface area contributed by atoms with Gasteiger partial charge in [-0.2, -0.15) is 0 Å². The van der Waals surface area contributed by atoms with Crippen LogP contribution < -0.4 is 9.47 Å². The van der Waals surface area contributed by atoms with Gasteiger partial charge in [-0.1, -0.05) is 24.3 Å². The lowest BCUT2D eigenvalue weighted by atomic mass is 10.00. The first-order valence-electron chi connectivity index (χ1n) is 12.5. The molecule has 0 saturated carbocycles. The van der Waals surface area contributed by atoms with E-state index in [0.717, 1.165) is 19.5 Å². The number of halogens is 1. The summed E-state index contributed by atoms with van der Waals surface area (Å²) >= 11 is 0. The van der Waals surface area contributed by atoms with Gasteiger partial charge in [0.1, 0.15) is 30.4 Å². The lowest BCUT2D eigenvalue weighted by Gasteiger charge is -2.38. The summed E-state index contributed by atoms with van der Waals surface area (Å²) in [6.07, 6.45) is 0.134. The Morgan fingerprint density at radius 2 is 1.91 bits per heavy atom. The fraction of sp³-hybridized carbons (Fsp3) is 0.519. The number of aliphatic hydroxyl groups excluding tert-OH is 1. The molecule has 1 fully saturated rings. The van der Waals surface area contributed by atoms with Crippen LogP contribution in [0.3, 0.4) is 0 Å². The number of fused-ring (bicyclic) bond motifs is 2. The van der Waals surface area contributed by atoms with E-state index in [2.05, 4.69) is 29.2 Å². The van der Waals surface area contributed by atoms with Crippen LogP contribution >= 0.6 is 0 Å². The average molecular weight is 484 g/mol. The molecule has 3 aliphatic heterocycles. The normalized spacial score (nSPS) is 22.0. The summed E-state index contributed by atoms with van der Waals surface area (Å²) in [7, 11) is 0. The molecule has 1 N–H and O–H groups in total. The highest BCUT2D eigenvalue weighted by Gasteiger charge is 2.31. The van der Waals surface area contributed by atoms with Crippen molar-refractivity contribution in [1.29, 1.82) is 0 Å². The van der Waals surface area contributed by atoms with Gasteiger partial charge in [0.05, 0.1) is 18.2 Å². The minimum Gasteiger partial charge on any atom is -0.488 e. The summed E-state index contributed by atoms with van der Waals surface area (Å²) in [5.74, 6) is 1.01. The number of benzene rings is 2. The van der Waals surface area contributed by atoms with Crippen molar-refractivity contribution in [3.8, 4) is 11.5 Å². The van der Waals surface area contributed by atoms with Crippen LogP contribution in [0.2, 0.25) is 0 Å². The van der Waals surface area contributed by atoms with Crippen molar-refractivity contribution in [2.45, 2.75) is 38.2 Å². The fourth-order valence-corrected chi connectivity index (χ4v) is 5.24. The lowest BCUT2D eigenvalue weighted by Crippen LogP contribution is -2.54. The highest BCUT2D eigenvalue weighted by atomic mass is 19.1. The Morgan fingerprint density at radius 1 is 1.11 bits per heavy atom. The van der Waals surface area contributed by atoms with Gasteiger partial charge in [0.15, 0.2) is 0 Å². The van der Waals surface area contributed by atoms with Gasteiger partial charge in [-0.3, -0.25) is 14.6 Å². The van der Waals surface area contributed by atoms with E-state index < -0.39 is 6.10 Å². The van der Waals surface area contributed by atoms with Gasteiger partial charge in [0.2, 0.25) is 0 Å². The quantitative estimate of drug-likeness (QED) is 0.622. The molecule has 7 nitrogen and oxygen atoms in total. The number of hydrogen-bond donors (Lipinski definition) is 1. The molecular weight excluding hydrogens is 449 g/mol. The van der Waals surface area contributed by atoms with Crippen molar-refractivity contribution < 1.29 is 23.8 Å². The number of aliphatic hydroxyl groups is 1. The monoisotopic (exact) mass is 483 g/mol. The number of nitrogens with zero attached hydrogens (tertiary/aromatic N) is 3. The maximum absolute atomic E-state index is 13.3. The van der Waals surface area contributed by atoms with E-state index in [-0.39, 0.29) is 31.3 Å². The van der Waals surface area contributed by atoms with Gasteiger partial charge in [0.25, 0.3) is 5.91 Å². The van der Waals surface area contributed by atoms with Crippen molar-refractivity contribution in [1.82, 2.24) is 14.7 Å². The van der Waals surface area contributed by atoms with E-state index in [1.165, 1.54) is 11.1 Å². The van der Waals surface area contributed by atoms with Gasteiger partial charge in [-0.05, 0) is 36.6 Å². The van der Waals surface area contributed by atoms with Crippen LogP contribution in [-0.4, -0.2) is 96.5 Å². The Bertz CT molecular complexity index is 1040. The fourth-order valence-electron chi connectivity index (χ4n) is 5.24. The largest absolute Gasteiger partial charge is 0.488 e. The van der Waals surface area contributed by atoms with Crippen molar-refractivity contribution in [2.75, 3.05) is 52.5 Å². The van der Waals surface area contributed by atoms with Crippen LogP contribution in [0.4, 0.5) is 4.39 Å². The number of likely N-dealkylation sites (tertiary alicyclic amines) is 1. The summed E-state index contributed by atoms with van der Waals surface area (Å²) in [6.45, 7) is 6.32. The van der Waals surface area contributed by atoms with Crippen LogP contribution in [0.15, 0.2) is 42.5 Å². The van der Waals surface area contributed by atoms with Crippen molar-refractivity contribution in [3.63, 3.8) is 0 Å². The van der Waals surface area contributed by atoms with E-state index in [9.17, 15) is 14.3 Å². The average Bonchev–Trinajstić information content (AvgIpc) is 2.92. The molecule has 8 heteroatoms. The van der Waals surface area contributed by atoms with E-state index in [1.54, 1.807) is 23.1 Å². The summed E-state index contributed by atoms with van der Waals surface area (Å²) < 4.78 is 24.5. The molecule has 1 amide bonds. The number of β-amino-alcohol motifs (C(OH)–C–C–N with tert-alkyl or cyclic N) is 1. The zero-order chi connectivity index (χ0) is 24.4. The van der Waals surface area contributed by atoms with Gasteiger partial charge in [-0.25, -0.2) is 4.39 Å². The highest BCUT2D eigenvalue weighted by Crippen LogP contribution is 2.31. The number of alkyl halides is 1. The molecule has 0 aromatic heterocycles. The van der Waals surface area contributed by atoms with Gasteiger partial charge in [-0.15, -0.1) is 0 Å². The second kappa shape index (κ2) is 10.5. The molecule has 1 unspecified atom stereocenters. The minimum absolute atomic E-state index is 0.0203. The summed E-state index contributed by atoms with van der Waals surface area (Å²) in [5.41, 5.74) is 3.16. The number of ether oxygens (including phenoxy) is 2. The number of hydrogen-bond acceptors (Lipinski definition) is 6. The molecule has 188 valence electrons. The van der Waals surface area contributed by atoms with Crippen LogP contribution in [0, 0.1) is 0 Å². The predicted octanol–water partition coefficient (Wildman–Crippen LogP) is 2.36. The summed E-state index contributed by atoms with van der Waals surface area (Å²) in [5, 5.41) is 10.9. The first-order valence-corrected chi connectivity index (χ1v) is 12.5. The Balaban J connectivity index is 1.19. The molecule has 0 aliphatic carbocycles. The molecule has 2 aromatic rings. The van der Waals surface area contributed by atoms with Crippen LogP contribution in [-0.2, 0) is 13.0 Å². The SMILES string of the molecule is C[C@H]1CN(CC(O)CN2CCc3ccccc3C2)C(=O)c2ccc(OC3CN(CCF)C3)cc2O1. The molecule has 35 heavy (non-hydrogen) atoms. The van der Waals surface area contributed by atoms with Crippen LogP contribution in [0.25, 0.3) is 0 Å². The Kier molecular flexibility index (Phi) is 7.22. The van der Waals surface area contributed by atoms with Crippen molar-refractivity contribution in [2.24, 2.45) is 0 Å². The third kappa shape index (κ3) is 5.60. The minimum atomic E-state index is -0.647. The smallest absolute Gasteiger partial charge is 0.257 e. The molecule has 1 saturated heterocycles. The highest BCUT2D eigenvalue weighted by molar-refractivity contribution is 5.97. The van der Waals surface area contributed by atoms with E-state index >= 15 is 0 Å². The number of carbonyl (C=O) groups excluding carboxylic acids is 1. The first-order chi connectivity index (χ1) is 17.0. The van der Waals surface area contributed by atoms with Gasteiger partial charge in [0, 0.05) is 51.9 Å². The number of rotatable bonds is 8. The maximum Gasteiger partial charge on any atom is 0.257 e. The molecule has 0 bridgehead atoms. The second-order valence-electron chi connectivity index (χ2n) is 9.89. The standard InChI is InChI=1S/C27H34FN3O4/c1-19-13-31(16-22(32)15-29-10-8-20-4-2-3-5-21(20)14-29)27(33)25-7-6-23(12-26(25)34-19)35-24-17-30(18-24)11-9-28/h2-7,12,19,22,24,32H,8-11,13-18H2,1H3/t19-,22?/m0/s1. The molecular formula is C27H34FN3O4. The Hall–Kier alpha value is -2.68. The van der Waals surface area contributed by atoms with Crippen molar-refractivity contribution in [3.05, 3.63) is 59.2 Å². The zero-order valence-electron chi connectivity index (χ0n) is 20.2.